The van der Waals surface area contributed by atoms with Gasteiger partial charge in [-0.15, -0.1) is 0 Å². The van der Waals surface area contributed by atoms with Crippen LogP contribution in [0.4, 0.5) is 0 Å². The van der Waals surface area contributed by atoms with E-state index in [2.05, 4.69) is 48.7 Å². The van der Waals surface area contributed by atoms with E-state index in [4.69, 9.17) is 0 Å². The summed E-state index contributed by atoms with van der Waals surface area (Å²) in [5.41, 5.74) is 2.61. The normalized spacial score (nSPS) is 12.5. The lowest BCUT2D eigenvalue weighted by Crippen LogP contribution is -2.35. The Labute approximate surface area is 110 Å². The van der Waals surface area contributed by atoms with Crippen molar-refractivity contribution in [3.8, 4) is 0 Å². The Balaban J connectivity index is 2.32. The van der Waals surface area contributed by atoms with Crippen LogP contribution in [0.1, 0.15) is 37.9 Å². The van der Waals surface area contributed by atoms with Crippen molar-refractivity contribution in [3.63, 3.8) is 0 Å². The van der Waals surface area contributed by atoms with Crippen LogP contribution in [0.5, 0.6) is 0 Å². The Bertz CT molecular complexity index is 388. The van der Waals surface area contributed by atoms with Gasteiger partial charge in [-0.25, -0.2) is 0 Å². The number of amides is 1. The highest BCUT2D eigenvalue weighted by Gasteiger charge is 2.08. The fraction of sp³-hybridized carbons (Fsp3) is 0.533. The van der Waals surface area contributed by atoms with Gasteiger partial charge in [-0.1, -0.05) is 38.1 Å². The third-order valence-corrected chi connectivity index (χ3v) is 3.05. The summed E-state index contributed by atoms with van der Waals surface area (Å²) in [5, 5.41) is 6.32. The van der Waals surface area contributed by atoms with Crippen LogP contribution in [0.25, 0.3) is 0 Å². The molecule has 2 N–H and O–H groups in total. The molecule has 0 aliphatic rings. The van der Waals surface area contributed by atoms with Crippen molar-refractivity contribution in [2.24, 2.45) is 5.92 Å². The summed E-state index contributed by atoms with van der Waals surface area (Å²) in [5.74, 6) is 0.166. The molecule has 0 spiro atoms. The fourth-order valence-corrected chi connectivity index (χ4v) is 1.86. The van der Waals surface area contributed by atoms with E-state index in [-0.39, 0.29) is 11.8 Å². The molecular weight excluding hydrogens is 224 g/mol. The van der Waals surface area contributed by atoms with E-state index in [0.717, 1.165) is 6.54 Å². The number of hydrogen-bond donors (Lipinski definition) is 2. The quantitative estimate of drug-likeness (QED) is 0.759. The molecule has 100 valence electrons. The molecule has 0 radical (unpaired) electrons. The zero-order chi connectivity index (χ0) is 13.5. The van der Waals surface area contributed by atoms with Crippen LogP contribution in [-0.4, -0.2) is 19.0 Å². The topological polar surface area (TPSA) is 41.1 Å². The molecule has 0 saturated carbocycles. The number of carbonyl (C=O) groups excluding carboxylic acids is 1. The molecule has 1 aromatic rings. The molecule has 0 aliphatic carbocycles. The SMILES string of the molecule is Cc1ccccc1C(C)NCCNC(=O)C(C)C. The van der Waals surface area contributed by atoms with Gasteiger partial charge < -0.3 is 10.6 Å². The van der Waals surface area contributed by atoms with E-state index in [1.807, 2.05) is 13.8 Å². The number of rotatable bonds is 6. The number of nitrogens with one attached hydrogen (secondary N) is 2. The van der Waals surface area contributed by atoms with E-state index in [9.17, 15) is 4.79 Å². The second kappa shape index (κ2) is 7.17. The van der Waals surface area contributed by atoms with Crippen molar-refractivity contribution in [2.75, 3.05) is 13.1 Å². The first-order chi connectivity index (χ1) is 8.52. The molecule has 1 unspecified atom stereocenters. The first-order valence-corrected chi connectivity index (χ1v) is 6.59. The summed E-state index contributed by atoms with van der Waals surface area (Å²) in [6.45, 7) is 9.53. The van der Waals surface area contributed by atoms with Gasteiger partial charge in [0.15, 0.2) is 0 Å². The Morgan fingerprint density at radius 3 is 2.44 bits per heavy atom. The zero-order valence-electron chi connectivity index (χ0n) is 11.8. The van der Waals surface area contributed by atoms with Crippen LogP contribution in [-0.2, 0) is 4.79 Å². The number of hydrogen-bond acceptors (Lipinski definition) is 2. The Kier molecular flexibility index (Phi) is 5.86. The van der Waals surface area contributed by atoms with E-state index < -0.39 is 0 Å². The smallest absolute Gasteiger partial charge is 0.222 e. The zero-order valence-corrected chi connectivity index (χ0v) is 11.8. The predicted molar refractivity (Wildman–Crippen MR) is 75.4 cm³/mol. The summed E-state index contributed by atoms with van der Waals surface area (Å²) in [6.07, 6.45) is 0. The lowest BCUT2D eigenvalue weighted by Gasteiger charge is -2.17. The van der Waals surface area contributed by atoms with E-state index >= 15 is 0 Å². The van der Waals surface area contributed by atoms with Crippen LogP contribution < -0.4 is 10.6 Å². The maximum absolute atomic E-state index is 11.4. The molecule has 0 heterocycles. The number of carbonyl (C=O) groups is 1. The van der Waals surface area contributed by atoms with Gasteiger partial charge in [0.1, 0.15) is 0 Å². The summed E-state index contributed by atoms with van der Waals surface area (Å²) in [7, 11) is 0. The van der Waals surface area contributed by atoms with Gasteiger partial charge in [-0.3, -0.25) is 4.79 Å². The van der Waals surface area contributed by atoms with Gasteiger partial charge in [-0.2, -0.15) is 0 Å². The van der Waals surface area contributed by atoms with Gasteiger partial charge in [-0.05, 0) is 25.0 Å². The van der Waals surface area contributed by atoms with Crippen LogP contribution >= 0.6 is 0 Å². The summed E-state index contributed by atoms with van der Waals surface area (Å²) in [6, 6.07) is 8.67. The monoisotopic (exact) mass is 248 g/mol. The number of aryl methyl sites for hydroxylation is 1. The molecule has 0 saturated heterocycles. The molecular formula is C15H24N2O. The van der Waals surface area contributed by atoms with Crippen molar-refractivity contribution in [3.05, 3.63) is 35.4 Å². The molecule has 1 aromatic carbocycles. The van der Waals surface area contributed by atoms with E-state index in [0.29, 0.717) is 12.6 Å². The van der Waals surface area contributed by atoms with Crippen molar-refractivity contribution in [1.82, 2.24) is 10.6 Å². The average Bonchev–Trinajstić information content (AvgIpc) is 2.34. The van der Waals surface area contributed by atoms with Gasteiger partial charge in [0.25, 0.3) is 0 Å². The summed E-state index contributed by atoms with van der Waals surface area (Å²) < 4.78 is 0. The van der Waals surface area contributed by atoms with Crippen LogP contribution in [0.2, 0.25) is 0 Å². The first-order valence-electron chi connectivity index (χ1n) is 6.59. The molecule has 0 aliphatic heterocycles. The highest BCUT2D eigenvalue weighted by atomic mass is 16.1. The average molecular weight is 248 g/mol. The molecule has 18 heavy (non-hydrogen) atoms. The maximum Gasteiger partial charge on any atom is 0.222 e. The highest BCUT2D eigenvalue weighted by molar-refractivity contribution is 5.77. The molecule has 1 atom stereocenters. The lowest BCUT2D eigenvalue weighted by molar-refractivity contribution is -0.123. The third kappa shape index (κ3) is 4.49. The van der Waals surface area contributed by atoms with Crippen molar-refractivity contribution in [2.45, 2.75) is 33.7 Å². The van der Waals surface area contributed by atoms with Crippen molar-refractivity contribution in [1.29, 1.82) is 0 Å². The molecule has 0 aromatic heterocycles. The lowest BCUT2D eigenvalue weighted by atomic mass is 10.0. The maximum atomic E-state index is 11.4. The van der Waals surface area contributed by atoms with Crippen LogP contribution in [0.3, 0.4) is 0 Å². The van der Waals surface area contributed by atoms with Gasteiger partial charge in [0, 0.05) is 25.0 Å². The predicted octanol–water partition coefficient (Wildman–Crippen LogP) is 2.42. The second-order valence-electron chi connectivity index (χ2n) is 4.98. The largest absolute Gasteiger partial charge is 0.355 e. The van der Waals surface area contributed by atoms with Crippen molar-refractivity contribution >= 4 is 5.91 Å². The van der Waals surface area contributed by atoms with Crippen LogP contribution in [0, 0.1) is 12.8 Å². The minimum absolute atomic E-state index is 0.0544. The Morgan fingerprint density at radius 1 is 1.17 bits per heavy atom. The Hall–Kier alpha value is -1.35. The van der Waals surface area contributed by atoms with Crippen LogP contribution in [0.15, 0.2) is 24.3 Å². The molecule has 1 rings (SSSR count). The third-order valence-electron chi connectivity index (χ3n) is 3.05. The van der Waals surface area contributed by atoms with Gasteiger partial charge in [0.05, 0.1) is 0 Å². The minimum Gasteiger partial charge on any atom is -0.355 e. The first kappa shape index (κ1) is 14.7. The van der Waals surface area contributed by atoms with Gasteiger partial charge >= 0.3 is 0 Å². The molecule has 0 fully saturated rings. The highest BCUT2D eigenvalue weighted by Crippen LogP contribution is 2.15. The molecule has 3 heteroatoms. The fourth-order valence-electron chi connectivity index (χ4n) is 1.86. The number of benzene rings is 1. The molecule has 3 nitrogen and oxygen atoms in total. The Morgan fingerprint density at radius 2 is 1.83 bits per heavy atom. The molecule has 0 bridgehead atoms. The summed E-state index contributed by atoms with van der Waals surface area (Å²) in [4.78, 5) is 11.4. The minimum atomic E-state index is 0.0544. The van der Waals surface area contributed by atoms with E-state index in [1.54, 1.807) is 0 Å². The van der Waals surface area contributed by atoms with E-state index in [1.165, 1.54) is 11.1 Å². The van der Waals surface area contributed by atoms with Crippen molar-refractivity contribution < 1.29 is 4.79 Å². The summed E-state index contributed by atoms with van der Waals surface area (Å²) >= 11 is 0. The van der Waals surface area contributed by atoms with Gasteiger partial charge in [0.2, 0.25) is 5.91 Å². The molecule has 1 amide bonds. The standard InChI is InChI=1S/C15H24N2O/c1-11(2)15(18)17-10-9-16-13(4)14-8-6-5-7-12(14)3/h5-8,11,13,16H,9-10H2,1-4H3,(H,17,18). The second-order valence-corrected chi connectivity index (χ2v) is 4.98.